The van der Waals surface area contributed by atoms with Gasteiger partial charge in [-0.3, -0.25) is 4.79 Å². The molecular formula is C24H17BrN2O4. The van der Waals surface area contributed by atoms with E-state index in [9.17, 15) is 9.59 Å². The fourth-order valence-electron chi connectivity index (χ4n) is 2.99. The average molecular weight is 477 g/mol. The van der Waals surface area contributed by atoms with Crippen LogP contribution >= 0.6 is 15.9 Å². The van der Waals surface area contributed by atoms with Crippen LogP contribution in [0.2, 0.25) is 0 Å². The van der Waals surface area contributed by atoms with Crippen molar-refractivity contribution in [2.24, 2.45) is 5.16 Å². The van der Waals surface area contributed by atoms with Gasteiger partial charge >= 0.3 is 5.97 Å². The number of hydrogen-bond donors (Lipinski definition) is 1. The number of halogens is 1. The Balaban J connectivity index is 1.56. The Morgan fingerprint density at radius 3 is 2.48 bits per heavy atom. The highest BCUT2D eigenvalue weighted by Gasteiger charge is 2.27. The van der Waals surface area contributed by atoms with E-state index >= 15 is 0 Å². The summed E-state index contributed by atoms with van der Waals surface area (Å²) < 4.78 is 6.54. The Bertz CT molecular complexity index is 1170. The number of hydrogen-bond acceptors (Lipinski definition) is 5. The Hall–Kier alpha value is -3.71. The maximum absolute atomic E-state index is 12.3. The number of oxime groups is 1. The van der Waals surface area contributed by atoms with Gasteiger partial charge in [-0.2, -0.15) is 0 Å². The van der Waals surface area contributed by atoms with Crippen molar-refractivity contribution in [1.29, 1.82) is 0 Å². The Kier molecular flexibility index (Phi) is 6.24. The molecule has 1 aliphatic heterocycles. The molecule has 0 aromatic heterocycles. The first-order chi connectivity index (χ1) is 15.1. The lowest BCUT2D eigenvalue weighted by atomic mass is 10.0. The van der Waals surface area contributed by atoms with Crippen LogP contribution in [0.4, 0.5) is 5.69 Å². The predicted molar refractivity (Wildman–Crippen MR) is 122 cm³/mol. The standard InChI is InChI=1S/C24H17BrN2O4/c25-18-11-12-21(30-15-22(28)26-19-9-5-2-6-10-19)17(13-18)14-20-23(27-31-24(20)29)16-7-3-1-4-8-16/h1-14H,15H2,(H,26,28)/b20-14+. The summed E-state index contributed by atoms with van der Waals surface area (Å²) in [4.78, 5) is 29.5. The van der Waals surface area contributed by atoms with Crippen LogP contribution in [-0.2, 0) is 14.4 Å². The molecule has 7 heteroatoms. The van der Waals surface area contributed by atoms with E-state index in [2.05, 4.69) is 26.4 Å². The maximum atomic E-state index is 12.3. The Morgan fingerprint density at radius 2 is 1.74 bits per heavy atom. The highest BCUT2D eigenvalue weighted by atomic mass is 79.9. The summed E-state index contributed by atoms with van der Waals surface area (Å²) in [5, 5.41) is 6.69. The van der Waals surface area contributed by atoms with Gasteiger partial charge < -0.3 is 14.9 Å². The van der Waals surface area contributed by atoms with E-state index in [0.29, 0.717) is 28.3 Å². The van der Waals surface area contributed by atoms with Crippen LogP contribution < -0.4 is 10.1 Å². The molecule has 0 unspecified atom stereocenters. The van der Waals surface area contributed by atoms with E-state index in [-0.39, 0.29) is 12.5 Å². The molecule has 31 heavy (non-hydrogen) atoms. The lowest BCUT2D eigenvalue weighted by Crippen LogP contribution is -2.20. The van der Waals surface area contributed by atoms with Gasteiger partial charge in [-0.1, -0.05) is 69.6 Å². The zero-order valence-corrected chi connectivity index (χ0v) is 17.8. The first kappa shape index (κ1) is 20.6. The van der Waals surface area contributed by atoms with Crippen molar-refractivity contribution < 1.29 is 19.2 Å². The van der Waals surface area contributed by atoms with Crippen molar-refractivity contribution in [2.75, 3.05) is 11.9 Å². The molecule has 154 valence electrons. The van der Waals surface area contributed by atoms with Gasteiger partial charge in [0, 0.05) is 21.3 Å². The van der Waals surface area contributed by atoms with Gasteiger partial charge in [0.05, 0.1) is 5.57 Å². The number of rotatable bonds is 6. The van der Waals surface area contributed by atoms with E-state index in [4.69, 9.17) is 9.57 Å². The molecule has 0 atom stereocenters. The lowest BCUT2D eigenvalue weighted by Gasteiger charge is -2.11. The number of anilines is 1. The minimum atomic E-state index is -0.549. The van der Waals surface area contributed by atoms with Crippen LogP contribution in [-0.4, -0.2) is 24.2 Å². The molecule has 0 spiro atoms. The molecule has 1 amide bonds. The second kappa shape index (κ2) is 9.40. The molecule has 0 aliphatic carbocycles. The number of ether oxygens (including phenoxy) is 1. The van der Waals surface area contributed by atoms with Crippen LogP contribution in [0.15, 0.2) is 94.1 Å². The Morgan fingerprint density at radius 1 is 1.03 bits per heavy atom. The zero-order chi connectivity index (χ0) is 21.6. The fourth-order valence-corrected chi connectivity index (χ4v) is 3.37. The van der Waals surface area contributed by atoms with Gasteiger partial charge in [0.2, 0.25) is 0 Å². The third-order valence-corrected chi connectivity index (χ3v) is 4.92. The van der Waals surface area contributed by atoms with Crippen molar-refractivity contribution in [3.05, 3.63) is 100 Å². The summed E-state index contributed by atoms with van der Waals surface area (Å²) in [6, 6.07) is 23.7. The second-order valence-electron chi connectivity index (χ2n) is 6.63. The normalized spacial score (nSPS) is 14.2. The number of carbonyl (C=O) groups is 2. The fraction of sp³-hybridized carbons (Fsp3) is 0.0417. The molecule has 3 aromatic rings. The molecule has 6 nitrogen and oxygen atoms in total. The molecule has 3 aromatic carbocycles. The number of carbonyl (C=O) groups excluding carboxylic acids is 2. The van der Waals surface area contributed by atoms with Gasteiger partial charge in [0.25, 0.3) is 5.91 Å². The molecular weight excluding hydrogens is 460 g/mol. The van der Waals surface area contributed by atoms with Crippen molar-refractivity contribution >= 4 is 45.3 Å². The summed E-state index contributed by atoms with van der Waals surface area (Å²) >= 11 is 3.43. The molecule has 0 bridgehead atoms. The van der Waals surface area contributed by atoms with Gasteiger partial charge in [-0.05, 0) is 36.4 Å². The maximum Gasteiger partial charge on any atom is 0.368 e. The number of para-hydroxylation sites is 1. The van der Waals surface area contributed by atoms with Gasteiger partial charge in [-0.25, -0.2) is 4.79 Å². The first-order valence-corrected chi connectivity index (χ1v) is 10.2. The van der Waals surface area contributed by atoms with Gasteiger partial charge in [0.1, 0.15) is 11.5 Å². The van der Waals surface area contributed by atoms with E-state index in [1.54, 1.807) is 36.4 Å². The topological polar surface area (TPSA) is 77.0 Å². The lowest BCUT2D eigenvalue weighted by molar-refractivity contribution is -0.136. The minimum Gasteiger partial charge on any atom is -0.483 e. The van der Waals surface area contributed by atoms with Crippen molar-refractivity contribution in [1.82, 2.24) is 0 Å². The zero-order valence-electron chi connectivity index (χ0n) is 16.2. The van der Waals surface area contributed by atoms with E-state index in [0.717, 1.165) is 10.0 Å². The predicted octanol–water partition coefficient (Wildman–Crippen LogP) is 4.81. The number of benzene rings is 3. The number of nitrogens with one attached hydrogen (secondary N) is 1. The van der Waals surface area contributed by atoms with Gasteiger partial charge in [0.15, 0.2) is 6.61 Å². The van der Waals surface area contributed by atoms with Crippen LogP contribution in [0.25, 0.3) is 6.08 Å². The third kappa shape index (κ3) is 5.07. The third-order valence-electron chi connectivity index (χ3n) is 4.43. The molecule has 0 saturated carbocycles. The second-order valence-corrected chi connectivity index (χ2v) is 7.54. The summed E-state index contributed by atoms with van der Waals surface area (Å²) in [5.74, 6) is -0.392. The summed E-state index contributed by atoms with van der Waals surface area (Å²) in [7, 11) is 0. The molecule has 0 fully saturated rings. The number of amides is 1. The smallest absolute Gasteiger partial charge is 0.368 e. The molecule has 1 N–H and O–H groups in total. The van der Waals surface area contributed by atoms with Crippen LogP contribution in [0.1, 0.15) is 11.1 Å². The average Bonchev–Trinajstić information content (AvgIpc) is 3.14. The van der Waals surface area contributed by atoms with Crippen molar-refractivity contribution in [3.8, 4) is 5.75 Å². The molecule has 1 heterocycles. The summed E-state index contributed by atoms with van der Waals surface area (Å²) in [5.41, 5.74) is 2.81. The minimum absolute atomic E-state index is 0.184. The molecule has 0 radical (unpaired) electrons. The first-order valence-electron chi connectivity index (χ1n) is 9.44. The highest BCUT2D eigenvalue weighted by molar-refractivity contribution is 9.10. The Labute approximate surface area is 187 Å². The monoisotopic (exact) mass is 476 g/mol. The van der Waals surface area contributed by atoms with Crippen LogP contribution in [0, 0.1) is 0 Å². The van der Waals surface area contributed by atoms with Gasteiger partial charge in [-0.15, -0.1) is 0 Å². The largest absolute Gasteiger partial charge is 0.483 e. The van der Waals surface area contributed by atoms with E-state index < -0.39 is 5.97 Å². The van der Waals surface area contributed by atoms with Crippen LogP contribution in [0.5, 0.6) is 5.75 Å². The van der Waals surface area contributed by atoms with E-state index in [1.165, 1.54) is 0 Å². The molecule has 1 aliphatic rings. The molecule has 0 saturated heterocycles. The summed E-state index contributed by atoms with van der Waals surface area (Å²) in [6.07, 6.45) is 1.65. The van der Waals surface area contributed by atoms with Crippen molar-refractivity contribution in [3.63, 3.8) is 0 Å². The quantitative estimate of drug-likeness (QED) is 0.409. The van der Waals surface area contributed by atoms with Crippen LogP contribution in [0.3, 0.4) is 0 Å². The summed E-state index contributed by atoms with van der Waals surface area (Å²) in [6.45, 7) is -0.184. The van der Waals surface area contributed by atoms with E-state index in [1.807, 2.05) is 48.5 Å². The highest BCUT2D eigenvalue weighted by Crippen LogP contribution is 2.28. The SMILES string of the molecule is O=C(COc1ccc(Br)cc1/C=C1/C(=O)ON=C1c1ccccc1)Nc1ccccc1. The van der Waals surface area contributed by atoms with Crippen molar-refractivity contribution in [2.45, 2.75) is 0 Å². The molecule has 4 rings (SSSR count). The number of nitrogens with zero attached hydrogens (tertiary/aromatic N) is 1.